The molecule has 0 amide bonds. The molecule has 0 bridgehead atoms. The molecule has 2 aromatic rings. The van der Waals surface area contributed by atoms with Crippen LogP contribution in [-0.2, 0) is 12.6 Å². The minimum Gasteiger partial charge on any atom is -0.271 e. The van der Waals surface area contributed by atoms with Gasteiger partial charge in [0.05, 0.1) is 11.6 Å². The second-order valence-electron chi connectivity index (χ2n) is 4.24. The summed E-state index contributed by atoms with van der Waals surface area (Å²) in [5, 5.41) is 1.89. The predicted octanol–water partition coefficient (Wildman–Crippen LogP) is 4.28. The standard InChI is InChI=1S/C13H12BrF3N2S/c14-8-5-9(20-7-8)6-12(19-18)10-3-1-2-4-11(10)13(15,16)17/h1-5,7,12,19H,6,18H2. The Morgan fingerprint density at radius 3 is 2.55 bits per heavy atom. The van der Waals surface area contributed by atoms with Gasteiger partial charge in [-0.15, -0.1) is 11.3 Å². The highest BCUT2D eigenvalue weighted by Crippen LogP contribution is 2.35. The predicted molar refractivity (Wildman–Crippen MR) is 77.2 cm³/mol. The van der Waals surface area contributed by atoms with E-state index in [0.717, 1.165) is 15.4 Å². The summed E-state index contributed by atoms with van der Waals surface area (Å²) < 4.78 is 40.0. The molecule has 1 heterocycles. The average Bonchev–Trinajstić information content (AvgIpc) is 2.80. The number of hydrazine groups is 1. The molecule has 108 valence electrons. The quantitative estimate of drug-likeness (QED) is 0.627. The Morgan fingerprint density at radius 2 is 2.00 bits per heavy atom. The molecule has 0 aliphatic rings. The van der Waals surface area contributed by atoms with E-state index < -0.39 is 17.8 Å². The minimum atomic E-state index is -4.39. The Hall–Kier alpha value is -0.890. The van der Waals surface area contributed by atoms with Crippen molar-refractivity contribution in [1.29, 1.82) is 0 Å². The van der Waals surface area contributed by atoms with Gasteiger partial charge in [-0.05, 0) is 33.6 Å². The third-order valence-corrected chi connectivity index (χ3v) is 4.59. The number of hydrogen-bond donors (Lipinski definition) is 2. The molecule has 0 saturated heterocycles. The van der Waals surface area contributed by atoms with Crippen LogP contribution in [0.25, 0.3) is 0 Å². The lowest BCUT2D eigenvalue weighted by Crippen LogP contribution is -2.31. The molecule has 0 fully saturated rings. The smallest absolute Gasteiger partial charge is 0.271 e. The van der Waals surface area contributed by atoms with Crippen LogP contribution in [0.15, 0.2) is 40.2 Å². The van der Waals surface area contributed by atoms with Crippen molar-refractivity contribution >= 4 is 27.3 Å². The molecular formula is C13H12BrF3N2S. The van der Waals surface area contributed by atoms with E-state index in [2.05, 4.69) is 21.4 Å². The van der Waals surface area contributed by atoms with E-state index >= 15 is 0 Å². The SMILES string of the molecule is NNC(Cc1cc(Br)cs1)c1ccccc1C(F)(F)F. The van der Waals surface area contributed by atoms with Gasteiger partial charge in [-0.2, -0.15) is 13.2 Å². The van der Waals surface area contributed by atoms with Crippen LogP contribution in [-0.4, -0.2) is 0 Å². The highest BCUT2D eigenvalue weighted by atomic mass is 79.9. The summed E-state index contributed by atoms with van der Waals surface area (Å²) in [6.45, 7) is 0. The van der Waals surface area contributed by atoms with Crippen molar-refractivity contribution in [2.75, 3.05) is 0 Å². The van der Waals surface area contributed by atoms with Gasteiger partial charge in [0.1, 0.15) is 0 Å². The first-order valence-corrected chi connectivity index (χ1v) is 7.44. The van der Waals surface area contributed by atoms with E-state index in [1.165, 1.54) is 23.5 Å². The molecule has 0 aliphatic heterocycles. The lowest BCUT2D eigenvalue weighted by Gasteiger charge is -2.20. The molecule has 0 aliphatic carbocycles. The highest BCUT2D eigenvalue weighted by molar-refractivity contribution is 9.10. The van der Waals surface area contributed by atoms with E-state index in [1.807, 2.05) is 11.4 Å². The maximum Gasteiger partial charge on any atom is 0.416 e. The average molecular weight is 365 g/mol. The van der Waals surface area contributed by atoms with Crippen molar-refractivity contribution in [1.82, 2.24) is 5.43 Å². The van der Waals surface area contributed by atoms with Gasteiger partial charge in [0.2, 0.25) is 0 Å². The number of halogens is 4. The van der Waals surface area contributed by atoms with Crippen molar-refractivity contribution in [2.45, 2.75) is 18.6 Å². The Morgan fingerprint density at radius 1 is 1.30 bits per heavy atom. The molecule has 1 atom stereocenters. The van der Waals surface area contributed by atoms with Crippen LogP contribution in [0.1, 0.15) is 22.0 Å². The molecule has 1 unspecified atom stereocenters. The van der Waals surface area contributed by atoms with Crippen LogP contribution in [0, 0.1) is 0 Å². The maximum absolute atomic E-state index is 13.0. The van der Waals surface area contributed by atoms with Crippen molar-refractivity contribution in [3.05, 3.63) is 56.2 Å². The second kappa shape index (κ2) is 6.26. The molecule has 2 rings (SSSR count). The molecule has 0 spiro atoms. The zero-order chi connectivity index (χ0) is 14.8. The highest BCUT2D eigenvalue weighted by Gasteiger charge is 2.34. The van der Waals surface area contributed by atoms with Crippen molar-refractivity contribution < 1.29 is 13.2 Å². The van der Waals surface area contributed by atoms with Gasteiger partial charge in [-0.3, -0.25) is 11.3 Å². The number of thiophene rings is 1. The van der Waals surface area contributed by atoms with E-state index in [1.54, 1.807) is 6.07 Å². The van der Waals surface area contributed by atoms with E-state index in [9.17, 15) is 13.2 Å². The van der Waals surface area contributed by atoms with E-state index in [-0.39, 0.29) is 5.56 Å². The minimum absolute atomic E-state index is 0.159. The molecule has 2 nitrogen and oxygen atoms in total. The monoisotopic (exact) mass is 364 g/mol. The largest absolute Gasteiger partial charge is 0.416 e. The number of rotatable bonds is 4. The van der Waals surface area contributed by atoms with Crippen molar-refractivity contribution in [2.24, 2.45) is 5.84 Å². The van der Waals surface area contributed by atoms with Gasteiger partial charge >= 0.3 is 6.18 Å². The number of benzene rings is 1. The van der Waals surface area contributed by atoms with Crippen LogP contribution in [0.3, 0.4) is 0 Å². The van der Waals surface area contributed by atoms with E-state index in [0.29, 0.717) is 6.42 Å². The van der Waals surface area contributed by atoms with Gasteiger partial charge in [0, 0.05) is 21.2 Å². The summed E-state index contributed by atoms with van der Waals surface area (Å²) in [5.41, 5.74) is 1.99. The molecule has 1 aromatic heterocycles. The maximum atomic E-state index is 13.0. The molecule has 0 saturated carbocycles. The van der Waals surface area contributed by atoms with Crippen LogP contribution < -0.4 is 11.3 Å². The molecule has 1 aromatic carbocycles. The Kier molecular flexibility index (Phi) is 4.85. The first kappa shape index (κ1) is 15.5. The zero-order valence-electron chi connectivity index (χ0n) is 10.2. The van der Waals surface area contributed by atoms with Crippen LogP contribution in [0.5, 0.6) is 0 Å². The Balaban J connectivity index is 2.32. The summed E-state index contributed by atoms with van der Waals surface area (Å²) in [6, 6.07) is 6.78. The third kappa shape index (κ3) is 3.60. The third-order valence-electron chi connectivity index (χ3n) is 2.87. The normalized spacial score (nSPS) is 13.4. The molecule has 3 N–H and O–H groups in total. The number of hydrogen-bond acceptors (Lipinski definition) is 3. The second-order valence-corrected chi connectivity index (χ2v) is 6.15. The summed E-state index contributed by atoms with van der Waals surface area (Å²) in [4.78, 5) is 0.955. The fraction of sp³-hybridized carbons (Fsp3) is 0.231. The number of nitrogens with two attached hydrogens (primary N) is 1. The van der Waals surface area contributed by atoms with Gasteiger partial charge < -0.3 is 0 Å². The van der Waals surface area contributed by atoms with Gasteiger partial charge in [0.15, 0.2) is 0 Å². The summed E-state index contributed by atoms with van der Waals surface area (Å²) in [7, 11) is 0. The lowest BCUT2D eigenvalue weighted by molar-refractivity contribution is -0.138. The van der Waals surface area contributed by atoms with Gasteiger partial charge in [-0.25, -0.2) is 0 Å². The van der Waals surface area contributed by atoms with Crippen LogP contribution >= 0.6 is 27.3 Å². The van der Waals surface area contributed by atoms with Gasteiger partial charge in [0.25, 0.3) is 0 Å². The van der Waals surface area contributed by atoms with Crippen molar-refractivity contribution in [3.63, 3.8) is 0 Å². The van der Waals surface area contributed by atoms with E-state index in [4.69, 9.17) is 5.84 Å². The van der Waals surface area contributed by atoms with Crippen LogP contribution in [0.4, 0.5) is 13.2 Å². The molecule has 7 heteroatoms. The fourth-order valence-corrected chi connectivity index (χ4v) is 3.48. The first-order valence-electron chi connectivity index (χ1n) is 5.77. The zero-order valence-corrected chi connectivity index (χ0v) is 12.6. The molecular weight excluding hydrogens is 353 g/mol. The Labute approximate surface area is 126 Å². The summed E-state index contributed by atoms with van der Waals surface area (Å²) >= 11 is 4.80. The lowest BCUT2D eigenvalue weighted by atomic mass is 9.97. The first-order chi connectivity index (χ1) is 9.41. The van der Waals surface area contributed by atoms with Gasteiger partial charge in [-0.1, -0.05) is 18.2 Å². The topological polar surface area (TPSA) is 38.0 Å². The van der Waals surface area contributed by atoms with Crippen LogP contribution in [0.2, 0.25) is 0 Å². The Bertz CT molecular complexity index is 583. The number of alkyl halides is 3. The number of nitrogens with one attached hydrogen (secondary N) is 1. The summed E-state index contributed by atoms with van der Waals surface area (Å²) in [5.74, 6) is 5.45. The van der Waals surface area contributed by atoms with Crippen molar-refractivity contribution in [3.8, 4) is 0 Å². The summed E-state index contributed by atoms with van der Waals surface area (Å²) in [6.07, 6.45) is -3.98. The molecule has 0 radical (unpaired) electrons. The molecule has 20 heavy (non-hydrogen) atoms. The fourth-order valence-electron chi connectivity index (χ4n) is 1.98.